The molecule has 1 nitrogen and oxygen atoms in total. The van der Waals surface area contributed by atoms with Crippen LogP contribution in [0.5, 0.6) is 0 Å². The highest BCUT2D eigenvalue weighted by molar-refractivity contribution is 5.82. The molecule has 2 aliphatic carbocycles. The summed E-state index contributed by atoms with van der Waals surface area (Å²) in [6.45, 7) is 4.31. The second-order valence-corrected chi connectivity index (χ2v) is 5.20. The number of allylic oxidation sites excluding steroid dienone is 2. The van der Waals surface area contributed by atoms with E-state index >= 15 is 0 Å². The van der Waals surface area contributed by atoms with Crippen molar-refractivity contribution in [3.63, 3.8) is 0 Å². The van der Waals surface area contributed by atoms with Gasteiger partial charge in [-0.2, -0.15) is 0 Å². The topological polar surface area (TPSA) is 17.1 Å². The van der Waals surface area contributed by atoms with Gasteiger partial charge in [-0.25, -0.2) is 0 Å². The number of rotatable bonds is 1. The van der Waals surface area contributed by atoms with Gasteiger partial charge in [0.25, 0.3) is 0 Å². The monoisotopic (exact) mass is 192 g/mol. The van der Waals surface area contributed by atoms with Crippen LogP contribution in [0.25, 0.3) is 0 Å². The van der Waals surface area contributed by atoms with Crippen molar-refractivity contribution in [2.24, 2.45) is 17.8 Å². The lowest BCUT2D eigenvalue weighted by Gasteiger charge is -2.22. The molecule has 0 radical (unpaired) electrons. The molecule has 0 N–H and O–H groups in total. The molecule has 2 aliphatic rings. The Hall–Kier alpha value is -0.590. The lowest BCUT2D eigenvalue weighted by molar-refractivity contribution is -0.125. The average molecular weight is 192 g/mol. The van der Waals surface area contributed by atoms with Crippen molar-refractivity contribution in [1.29, 1.82) is 0 Å². The smallest absolute Gasteiger partial charge is 0.136 e. The van der Waals surface area contributed by atoms with Crippen LogP contribution in [0.1, 0.15) is 46.0 Å². The summed E-state index contributed by atoms with van der Waals surface area (Å²) in [6, 6.07) is 0. The van der Waals surface area contributed by atoms with Gasteiger partial charge in [0.1, 0.15) is 5.78 Å². The second kappa shape index (κ2) is 3.88. The van der Waals surface area contributed by atoms with Crippen LogP contribution in [0.2, 0.25) is 0 Å². The molecule has 78 valence electrons. The highest BCUT2D eigenvalue weighted by Gasteiger charge is 2.39. The lowest BCUT2D eigenvalue weighted by Crippen LogP contribution is -2.23. The first kappa shape index (κ1) is 9.95. The van der Waals surface area contributed by atoms with Gasteiger partial charge in [-0.05, 0) is 51.4 Å². The fourth-order valence-electron chi connectivity index (χ4n) is 3.21. The van der Waals surface area contributed by atoms with Crippen LogP contribution in [0, 0.1) is 17.8 Å². The molecule has 2 rings (SSSR count). The highest BCUT2D eigenvalue weighted by atomic mass is 16.1. The predicted molar refractivity (Wildman–Crippen MR) is 58.0 cm³/mol. The summed E-state index contributed by atoms with van der Waals surface area (Å²) in [7, 11) is 0. The first-order valence-corrected chi connectivity index (χ1v) is 5.84. The summed E-state index contributed by atoms with van der Waals surface area (Å²) in [5.74, 6) is 2.38. The van der Waals surface area contributed by atoms with Gasteiger partial charge in [0.05, 0.1) is 0 Å². The number of ketones is 1. The molecule has 0 aromatic carbocycles. The number of hydrogen-bond acceptors (Lipinski definition) is 1. The van der Waals surface area contributed by atoms with Gasteiger partial charge in [-0.1, -0.05) is 11.6 Å². The van der Waals surface area contributed by atoms with E-state index < -0.39 is 0 Å². The maximum absolute atomic E-state index is 11.7. The van der Waals surface area contributed by atoms with Crippen LogP contribution in [-0.2, 0) is 4.79 Å². The molecule has 0 heterocycles. The number of hydrogen-bond donors (Lipinski definition) is 0. The summed E-state index contributed by atoms with van der Waals surface area (Å²) < 4.78 is 0. The standard InChI is InChI=1S/C13H20O/c1-9(2)6-10-7-11-4-3-5-13(14)12(11)8-10/h6,10-12H,3-5,7-8H2,1-2H3/t10-,11+,12+/m0/s1. The third-order valence-corrected chi connectivity index (χ3v) is 3.71. The van der Waals surface area contributed by atoms with Crippen LogP contribution >= 0.6 is 0 Å². The molecule has 1 heteroatoms. The van der Waals surface area contributed by atoms with E-state index in [1.807, 2.05) is 0 Å². The predicted octanol–water partition coefficient (Wildman–Crippen LogP) is 3.35. The van der Waals surface area contributed by atoms with Crippen molar-refractivity contribution in [2.45, 2.75) is 46.0 Å². The molecule has 2 fully saturated rings. The quantitative estimate of drug-likeness (QED) is 0.582. The fraction of sp³-hybridized carbons (Fsp3) is 0.769. The van der Waals surface area contributed by atoms with Gasteiger partial charge in [-0.15, -0.1) is 0 Å². The largest absolute Gasteiger partial charge is 0.299 e. The van der Waals surface area contributed by atoms with Crippen LogP contribution < -0.4 is 0 Å². The van der Waals surface area contributed by atoms with Gasteiger partial charge >= 0.3 is 0 Å². The average Bonchev–Trinajstić information content (AvgIpc) is 2.47. The van der Waals surface area contributed by atoms with E-state index in [9.17, 15) is 4.79 Å². The normalized spacial score (nSPS) is 36.7. The van der Waals surface area contributed by atoms with E-state index in [0.717, 1.165) is 25.2 Å². The molecule has 3 atom stereocenters. The number of carbonyl (C=O) groups is 1. The summed E-state index contributed by atoms with van der Waals surface area (Å²) in [6.07, 6.45) is 8.05. The Morgan fingerprint density at radius 2 is 2.14 bits per heavy atom. The zero-order chi connectivity index (χ0) is 10.1. The zero-order valence-corrected chi connectivity index (χ0v) is 9.25. The minimum absolute atomic E-state index is 0.421. The summed E-state index contributed by atoms with van der Waals surface area (Å²) in [5.41, 5.74) is 1.40. The molecule has 0 aromatic rings. The Morgan fingerprint density at radius 3 is 2.79 bits per heavy atom. The molecule has 0 spiro atoms. The van der Waals surface area contributed by atoms with Crippen molar-refractivity contribution in [2.75, 3.05) is 0 Å². The van der Waals surface area contributed by atoms with E-state index in [1.54, 1.807) is 0 Å². The molecule has 2 saturated carbocycles. The van der Waals surface area contributed by atoms with E-state index in [-0.39, 0.29) is 0 Å². The van der Waals surface area contributed by atoms with Crippen molar-refractivity contribution < 1.29 is 4.79 Å². The molecular formula is C13H20O. The molecule has 0 unspecified atom stereocenters. The third-order valence-electron chi connectivity index (χ3n) is 3.71. The number of carbonyl (C=O) groups excluding carboxylic acids is 1. The van der Waals surface area contributed by atoms with Crippen LogP contribution in [0.4, 0.5) is 0 Å². The van der Waals surface area contributed by atoms with E-state index in [2.05, 4.69) is 19.9 Å². The fourth-order valence-corrected chi connectivity index (χ4v) is 3.21. The van der Waals surface area contributed by atoms with Gasteiger partial charge in [0, 0.05) is 12.3 Å². The lowest BCUT2D eigenvalue weighted by atomic mass is 9.81. The van der Waals surface area contributed by atoms with E-state index in [0.29, 0.717) is 17.6 Å². The van der Waals surface area contributed by atoms with Crippen LogP contribution in [-0.4, -0.2) is 5.78 Å². The zero-order valence-electron chi connectivity index (χ0n) is 9.25. The van der Waals surface area contributed by atoms with Gasteiger partial charge in [0.2, 0.25) is 0 Å². The molecule has 0 amide bonds. The van der Waals surface area contributed by atoms with Gasteiger partial charge < -0.3 is 0 Å². The number of Topliss-reactive ketones (excluding diaryl/α,β-unsaturated/α-hetero) is 1. The van der Waals surface area contributed by atoms with Crippen LogP contribution in [0.15, 0.2) is 11.6 Å². The van der Waals surface area contributed by atoms with Gasteiger partial charge in [-0.3, -0.25) is 4.79 Å². The SMILES string of the molecule is CC(C)=C[C@H]1C[C@H]2CCCC(=O)[C@@H]2C1. The first-order chi connectivity index (χ1) is 6.66. The van der Waals surface area contributed by atoms with Gasteiger partial charge in [0.15, 0.2) is 0 Å². The molecule has 0 aliphatic heterocycles. The maximum Gasteiger partial charge on any atom is 0.136 e. The van der Waals surface area contributed by atoms with Crippen molar-refractivity contribution in [3.05, 3.63) is 11.6 Å². The Kier molecular flexibility index (Phi) is 2.76. The summed E-state index contributed by atoms with van der Waals surface area (Å²) >= 11 is 0. The Bertz CT molecular complexity index is 260. The summed E-state index contributed by atoms with van der Waals surface area (Å²) in [5, 5.41) is 0. The highest BCUT2D eigenvalue weighted by Crippen LogP contribution is 2.44. The molecule has 14 heavy (non-hydrogen) atoms. The summed E-state index contributed by atoms with van der Waals surface area (Å²) in [4.78, 5) is 11.7. The van der Waals surface area contributed by atoms with Crippen molar-refractivity contribution in [3.8, 4) is 0 Å². The van der Waals surface area contributed by atoms with Crippen molar-refractivity contribution >= 4 is 5.78 Å². The Labute approximate surface area is 86.6 Å². The maximum atomic E-state index is 11.7. The molecule has 0 aromatic heterocycles. The van der Waals surface area contributed by atoms with E-state index in [4.69, 9.17) is 0 Å². The minimum atomic E-state index is 0.421. The Morgan fingerprint density at radius 1 is 1.36 bits per heavy atom. The van der Waals surface area contributed by atoms with Crippen LogP contribution in [0.3, 0.4) is 0 Å². The molecule has 0 bridgehead atoms. The second-order valence-electron chi connectivity index (χ2n) is 5.20. The van der Waals surface area contributed by atoms with Crippen molar-refractivity contribution in [1.82, 2.24) is 0 Å². The van der Waals surface area contributed by atoms with E-state index in [1.165, 1.54) is 18.4 Å². The molecule has 0 saturated heterocycles. The number of fused-ring (bicyclic) bond motifs is 1. The third kappa shape index (κ3) is 1.92. The molecular weight excluding hydrogens is 172 g/mol. The first-order valence-electron chi connectivity index (χ1n) is 5.84. The minimum Gasteiger partial charge on any atom is -0.299 e. The Balaban J connectivity index is 2.04.